The molecule has 3 rings (SSSR count). The highest BCUT2D eigenvalue weighted by Gasteiger charge is 2.18. The average Bonchev–Trinajstić information content (AvgIpc) is 3.14. The first kappa shape index (κ1) is 17.0. The molecule has 25 heavy (non-hydrogen) atoms. The van der Waals surface area contributed by atoms with Crippen molar-refractivity contribution in [2.24, 2.45) is 0 Å². The zero-order valence-corrected chi connectivity index (χ0v) is 14.3. The summed E-state index contributed by atoms with van der Waals surface area (Å²) in [5, 5.41) is 8.99. The Bertz CT molecular complexity index is 920. The molecule has 0 fully saturated rings. The predicted octanol–water partition coefficient (Wildman–Crippen LogP) is 2.99. The molecule has 0 bridgehead atoms. The van der Waals surface area contributed by atoms with Gasteiger partial charge in [-0.25, -0.2) is 9.07 Å². The molecule has 1 N–H and O–H groups in total. The van der Waals surface area contributed by atoms with Crippen molar-refractivity contribution in [3.05, 3.63) is 75.0 Å². The lowest BCUT2D eigenvalue weighted by atomic mass is 10.1. The lowest BCUT2D eigenvalue weighted by Crippen LogP contribution is -2.36. The Hall–Kier alpha value is -2.80. The third-order valence-electron chi connectivity index (χ3n) is 3.73. The van der Waals surface area contributed by atoms with Gasteiger partial charge in [0.2, 0.25) is 5.91 Å². The molecule has 0 saturated carbocycles. The fourth-order valence-electron chi connectivity index (χ4n) is 2.32. The molecule has 0 aliphatic heterocycles. The molecule has 7 heteroatoms. The Morgan fingerprint density at radius 3 is 2.68 bits per heavy atom. The Morgan fingerprint density at radius 2 is 2.00 bits per heavy atom. The zero-order valence-electron chi connectivity index (χ0n) is 13.5. The molecule has 0 aliphatic rings. The van der Waals surface area contributed by atoms with E-state index in [0.717, 1.165) is 9.56 Å². The third-order valence-corrected chi connectivity index (χ3v) is 4.60. The van der Waals surface area contributed by atoms with Crippen LogP contribution in [-0.2, 0) is 11.3 Å². The van der Waals surface area contributed by atoms with Crippen molar-refractivity contribution in [2.45, 2.75) is 19.5 Å². The van der Waals surface area contributed by atoms with Crippen LogP contribution in [-0.4, -0.2) is 15.7 Å². The molecular formula is C18H16FN3O2S. The standard InChI is InChI=1S/C18H16FN3O2S/c1-12(18(24)20-11-15-3-2-10-25-15)22-17(23)9-8-16(21-22)13-4-6-14(19)7-5-13/h2-10,12H,11H2,1H3,(H,20,24)/t12-/m1/s1. The van der Waals surface area contributed by atoms with E-state index in [2.05, 4.69) is 10.4 Å². The van der Waals surface area contributed by atoms with Crippen molar-refractivity contribution in [1.29, 1.82) is 0 Å². The number of amides is 1. The molecule has 1 amide bonds. The third kappa shape index (κ3) is 4.00. The predicted molar refractivity (Wildman–Crippen MR) is 94.8 cm³/mol. The Balaban J connectivity index is 1.80. The summed E-state index contributed by atoms with van der Waals surface area (Å²) in [6.07, 6.45) is 0. The Kier molecular flexibility index (Phi) is 5.04. The summed E-state index contributed by atoms with van der Waals surface area (Å²) in [6, 6.07) is 11.8. The van der Waals surface area contributed by atoms with Gasteiger partial charge in [-0.2, -0.15) is 5.10 Å². The minimum atomic E-state index is -0.757. The van der Waals surface area contributed by atoms with Gasteiger partial charge in [0.05, 0.1) is 12.2 Å². The molecule has 3 aromatic rings. The first-order valence-electron chi connectivity index (χ1n) is 7.70. The summed E-state index contributed by atoms with van der Waals surface area (Å²) in [6.45, 7) is 2.03. The van der Waals surface area contributed by atoms with Crippen molar-refractivity contribution < 1.29 is 9.18 Å². The number of rotatable bonds is 5. The number of thiophene rings is 1. The van der Waals surface area contributed by atoms with E-state index in [4.69, 9.17) is 0 Å². The van der Waals surface area contributed by atoms with Crippen LogP contribution in [0, 0.1) is 5.82 Å². The van der Waals surface area contributed by atoms with Gasteiger partial charge in [-0.15, -0.1) is 11.3 Å². The van der Waals surface area contributed by atoms with Crippen molar-refractivity contribution in [2.75, 3.05) is 0 Å². The topological polar surface area (TPSA) is 64.0 Å². The van der Waals surface area contributed by atoms with E-state index in [1.807, 2.05) is 17.5 Å². The minimum absolute atomic E-state index is 0.292. The second-order valence-electron chi connectivity index (χ2n) is 5.48. The summed E-state index contributed by atoms with van der Waals surface area (Å²) < 4.78 is 14.2. The average molecular weight is 357 g/mol. The molecule has 0 saturated heterocycles. The molecule has 0 unspecified atom stereocenters. The maximum absolute atomic E-state index is 13.1. The molecule has 5 nitrogen and oxygen atoms in total. The van der Waals surface area contributed by atoms with Crippen LogP contribution in [0.15, 0.2) is 58.7 Å². The zero-order chi connectivity index (χ0) is 17.8. The van der Waals surface area contributed by atoms with E-state index in [-0.39, 0.29) is 17.3 Å². The summed E-state index contributed by atoms with van der Waals surface area (Å²) >= 11 is 1.55. The van der Waals surface area contributed by atoms with E-state index in [0.29, 0.717) is 17.8 Å². The van der Waals surface area contributed by atoms with E-state index >= 15 is 0 Å². The van der Waals surface area contributed by atoms with Gasteiger partial charge in [-0.3, -0.25) is 9.59 Å². The molecule has 2 aromatic heterocycles. The molecule has 2 heterocycles. The first-order chi connectivity index (χ1) is 12.0. The Morgan fingerprint density at radius 1 is 1.24 bits per heavy atom. The lowest BCUT2D eigenvalue weighted by Gasteiger charge is -2.14. The lowest BCUT2D eigenvalue weighted by molar-refractivity contribution is -0.124. The van der Waals surface area contributed by atoms with Gasteiger partial charge in [0.15, 0.2) is 0 Å². The summed E-state index contributed by atoms with van der Waals surface area (Å²) in [5.74, 6) is -0.641. The number of aromatic nitrogens is 2. The van der Waals surface area contributed by atoms with Gasteiger partial charge in [0.1, 0.15) is 11.9 Å². The SMILES string of the molecule is C[C@H](C(=O)NCc1cccs1)n1nc(-c2ccc(F)cc2)ccc1=O. The molecule has 128 valence electrons. The van der Waals surface area contributed by atoms with Crippen LogP contribution in [0.5, 0.6) is 0 Å². The number of carbonyl (C=O) groups excluding carboxylic acids is 1. The van der Waals surface area contributed by atoms with Crippen LogP contribution in [0.2, 0.25) is 0 Å². The summed E-state index contributed by atoms with van der Waals surface area (Å²) in [7, 11) is 0. The fraction of sp³-hybridized carbons (Fsp3) is 0.167. The maximum Gasteiger partial charge on any atom is 0.267 e. The molecule has 0 aliphatic carbocycles. The number of benzene rings is 1. The van der Waals surface area contributed by atoms with Crippen LogP contribution >= 0.6 is 11.3 Å². The molecule has 1 aromatic carbocycles. The second-order valence-corrected chi connectivity index (χ2v) is 6.51. The second kappa shape index (κ2) is 7.40. The fourth-order valence-corrected chi connectivity index (χ4v) is 2.97. The molecule has 0 spiro atoms. The van der Waals surface area contributed by atoms with Crippen molar-refractivity contribution in [3.8, 4) is 11.3 Å². The van der Waals surface area contributed by atoms with E-state index in [9.17, 15) is 14.0 Å². The van der Waals surface area contributed by atoms with Gasteiger partial charge in [0, 0.05) is 16.5 Å². The highest BCUT2D eigenvalue weighted by molar-refractivity contribution is 7.09. The quantitative estimate of drug-likeness (QED) is 0.763. The highest BCUT2D eigenvalue weighted by atomic mass is 32.1. The summed E-state index contributed by atoms with van der Waals surface area (Å²) in [5.41, 5.74) is 0.795. The summed E-state index contributed by atoms with van der Waals surface area (Å²) in [4.78, 5) is 25.5. The van der Waals surface area contributed by atoms with Gasteiger partial charge in [-0.05, 0) is 48.7 Å². The van der Waals surface area contributed by atoms with Crippen molar-refractivity contribution in [3.63, 3.8) is 0 Å². The van der Waals surface area contributed by atoms with Gasteiger partial charge in [0.25, 0.3) is 5.56 Å². The minimum Gasteiger partial charge on any atom is -0.349 e. The van der Waals surface area contributed by atoms with Crippen LogP contribution in [0.25, 0.3) is 11.3 Å². The maximum atomic E-state index is 13.1. The Labute approximate surface area is 147 Å². The van der Waals surface area contributed by atoms with Crippen LogP contribution in [0.3, 0.4) is 0 Å². The smallest absolute Gasteiger partial charge is 0.267 e. The first-order valence-corrected chi connectivity index (χ1v) is 8.58. The van der Waals surface area contributed by atoms with Gasteiger partial charge >= 0.3 is 0 Å². The number of carbonyl (C=O) groups is 1. The number of nitrogens with one attached hydrogen (secondary N) is 1. The number of halogens is 1. The highest BCUT2D eigenvalue weighted by Crippen LogP contribution is 2.16. The van der Waals surface area contributed by atoms with Gasteiger partial charge < -0.3 is 5.32 Å². The largest absolute Gasteiger partial charge is 0.349 e. The van der Waals surface area contributed by atoms with E-state index in [1.165, 1.54) is 18.2 Å². The van der Waals surface area contributed by atoms with Crippen LogP contribution in [0.4, 0.5) is 4.39 Å². The van der Waals surface area contributed by atoms with Crippen LogP contribution in [0.1, 0.15) is 17.8 Å². The van der Waals surface area contributed by atoms with E-state index < -0.39 is 6.04 Å². The molecular weight excluding hydrogens is 341 g/mol. The van der Waals surface area contributed by atoms with Crippen molar-refractivity contribution >= 4 is 17.2 Å². The number of hydrogen-bond acceptors (Lipinski definition) is 4. The van der Waals surface area contributed by atoms with E-state index in [1.54, 1.807) is 36.5 Å². The van der Waals surface area contributed by atoms with Crippen LogP contribution < -0.4 is 10.9 Å². The normalized spacial score (nSPS) is 11.9. The van der Waals surface area contributed by atoms with Crippen molar-refractivity contribution in [1.82, 2.24) is 15.1 Å². The van der Waals surface area contributed by atoms with Gasteiger partial charge in [-0.1, -0.05) is 6.07 Å². The number of nitrogens with zero attached hydrogens (tertiary/aromatic N) is 2. The molecule has 0 radical (unpaired) electrons. The molecule has 1 atom stereocenters. The monoisotopic (exact) mass is 357 g/mol. The number of hydrogen-bond donors (Lipinski definition) is 1.